The van der Waals surface area contributed by atoms with E-state index < -0.39 is 5.97 Å². The first kappa shape index (κ1) is 14.2. The van der Waals surface area contributed by atoms with Crippen LogP contribution < -0.4 is 5.73 Å². The molecule has 0 saturated carbocycles. The molecule has 1 aromatic carbocycles. The zero-order chi connectivity index (χ0) is 12.8. The van der Waals surface area contributed by atoms with Crippen LogP contribution in [-0.4, -0.2) is 17.0 Å². The lowest BCUT2D eigenvalue weighted by Gasteiger charge is -2.10. The molecule has 0 saturated heterocycles. The number of aromatic carboxylic acids is 1. The Bertz CT molecular complexity index is 352. The molecule has 4 nitrogen and oxygen atoms in total. The van der Waals surface area contributed by atoms with Crippen molar-refractivity contribution in [2.24, 2.45) is 11.1 Å². The van der Waals surface area contributed by atoms with Crippen molar-refractivity contribution in [3.05, 3.63) is 35.9 Å². The van der Waals surface area contributed by atoms with Crippen molar-refractivity contribution in [2.75, 3.05) is 0 Å². The molecule has 4 heteroatoms. The molecule has 1 aromatic rings. The van der Waals surface area contributed by atoms with Gasteiger partial charge in [-0.1, -0.05) is 39.0 Å². The second-order valence-corrected chi connectivity index (χ2v) is 4.29. The normalized spacial score (nSPS) is 9.94. The molecule has 16 heavy (non-hydrogen) atoms. The van der Waals surface area contributed by atoms with Gasteiger partial charge >= 0.3 is 5.97 Å². The van der Waals surface area contributed by atoms with Gasteiger partial charge in [-0.15, -0.1) is 0 Å². The van der Waals surface area contributed by atoms with Gasteiger partial charge in [0.05, 0.1) is 5.56 Å². The molecule has 0 bridgehead atoms. The Hall–Kier alpha value is -1.84. The van der Waals surface area contributed by atoms with Crippen LogP contribution in [0.25, 0.3) is 0 Å². The zero-order valence-electron chi connectivity index (χ0n) is 9.73. The van der Waals surface area contributed by atoms with Crippen molar-refractivity contribution in [1.82, 2.24) is 0 Å². The Labute approximate surface area is 95.1 Å². The van der Waals surface area contributed by atoms with Crippen molar-refractivity contribution < 1.29 is 14.7 Å². The van der Waals surface area contributed by atoms with E-state index in [1.807, 2.05) is 0 Å². The second kappa shape index (κ2) is 5.90. The average Bonchev–Trinajstić information content (AvgIpc) is 2.18. The number of nitrogens with two attached hydrogens (primary N) is 1. The van der Waals surface area contributed by atoms with Crippen LogP contribution in [0.3, 0.4) is 0 Å². The monoisotopic (exact) mass is 223 g/mol. The lowest BCUT2D eigenvalue weighted by Crippen LogP contribution is -2.27. The van der Waals surface area contributed by atoms with E-state index in [2.05, 4.69) is 0 Å². The number of primary amides is 1. The van der Waals surface area contributed by atoms with Crippen molar-refractivity contribution in [3.63, 3.8) is 0 Å². The number of carboxylic acids is 1. The minimum atomic E-state index is -0.879. The molecule has 0 fully saturated rings. The maximum Gasteiger partial charge on any atom is 0.335 e. The van der Waals surface area contributed by atoms with Gasteiger partial charge < -0.3 is 10.8 Å². The molecule has 0 radical (unpaired) electrons. The summed E-state index contributed by atoms with van der Waals surface area (Å²) in [6, 6.07) is 8.30. The fourth-order valence-electron chi connectivity index (χ4n) is 0.581. The molecule has 0 aromatic heterocycles. The van der Waals surface area contributed by atoms with E-state index in [4.69, 9.17) is 10.8 Å². The summed E-state index contributed by atoms with van der Waals surface area (Å²) in [7, 11) is 0. The van der Waals surface area contributed by atoms with Gasteiger partial charge in [-0.2, -0.15) is 0 Å². The smallest absolute Gasteiger partial charge is 0.335 e. The molecular formula is C12H17NO3. The minimum Gasteiger partial charge on any atom is -0.478 e. The van der Waals surface area contributed by atoms with Crippen molar-refractivity contribution in [2.45, 2.75) is 20.8 Å². The van der Waals surface area contributed by atoms with E-state index >= 15 is 0 Å². The van der Waals surface area contributed by atoms with Gasteiger partial charge in [0.25, 0.3) is 0 Å². The SMILES string of the molecule is CC(C)(C)C(N)=O.O=C(O)c1ccccc1. The number of carbonyl (C=O) groups is 2. The molecule has 0 atom stereocenters. The molecular weight excluding hydrogens is 206 g/mol. The number of hydrogen-bond donors (Lipinski definition) is 2. The second-order valence-electron chi connectivity index (χ2n) is 4.29. The molecule has 3 N–H and O–H groups in total. The Morgan fingerprint density at radius 1 is 1.12 bits per heavy atom. The number of hydrogen-bond acceptors (Lipinski definition) is 2. The summed E-state index contributed by atoms with van der Waals surface area (Å²) < 4.78 is 0. The summed E-state index contributed by atoms with van der Waals surface area (Å²) in [5, 5.41) is 8.38. The van der Waals surface area contributed by atoms with Crippen molar-refractivity contribution in [1.29, 1.82) is 0 Å². The first-order chi connectivity index (χ1) is 7.25. The average molecular weight is 223 g/mol. The van der Waals surface area contributed by atoms with Crippen LogP contribution in [0.2, 0.25) is 0 Å². The fourth-order valence-corrected chi connectivity index (χ4v) is 0.581. The van der Waals surface area contributed by atoms with Crippen molar-refractivity contribution >= 4 is 11.9 Å². The topological polar surface area (TPSA) is 80.4 Å². The first-order valence-corrected chi connectivity index (χ1v) is 4.83. The molecule has 1 amide bonds. The lowest BCUT2D eigenvalue weighted by molar-refractivity contribution is -0.125. The summed E-state index contributed by atoms with van der Waals surface area (Å²) in [6.07, 6.45) is 0. The molecule has 0 aliphatic rings. The highest BCUT2D eigenvalue weighted by Gasteiger charge is 2.16. The van der Waals surface area contributed by atoms with Gasteiger partial charge in [0, 0.05) is 5.41 Å². The zero-order valence-corrected chi connectivity index (χ0v) is 9.73. The summed E-state index contributed by atoms with van der Waals surface area (Å²) in [5.74, 6) is -1.14. The number of benzene rings is 1. The fraction of sp³-hybridized carbons (Fsp3) is 0.333. The van der Waals surface area contributed by atoms with Crippen LogP contribution >= 0.6 is 0 Å². The van der Waals surface area contributed by atoms with Gasteiger partial charge in [0.2, 0.25) is 5.91 Å². The van der Waals surface area contributed by atoms with E-state index in [1.54, 1.807) is 51.1 Å². The number of rotatable bonds is 1. The highest BCUT2D eigenvalue weighted by molar-refractivity contribution is 5.87. The van der Waals surface area contributed by atoms with Crippen LogP contribution in [0.15, 0.2) is 30.3 Å². The summed E-state index contributed by atoms with van der Waals surface area (Å²) >= 11 is 0. The minimum absolute atomic E-state index is 0.257. The molecule has 0 heterocycles. The quantitative estimate of drug-likeness (QED) is 0.763. The summed E-state index contributed by atoms with van der Waals surface area (Å²) in [4.78, 5) is 20.4. The van der Waals surface area contributed by atoms with E-state index in [0.717, 1.165) is 0 Å². The van der Waals surface area contributed by atoms with E-state index in [1.165, 1.54) is 0 Å². The van der Waals surface area contributed by atoms with E-state index in [0.29, 0.717) is 5.56 Å². The molecule has 88 valence electrons. The third-order valence-corrected chi connectivity index (χ3v) is 1.76. The third kappa shape index (κ3) is 5.80. The van der Waals surface area contributed by atoms with Gasteiger partial charge in [-0.05, 0) is 12.1 Å². The van der Waals surface area contributed by atoms with Gasteiger partial charge in [-0.3, -0.25) is 4.79 Å². The predicted molar refractivity (Wildman–Crippen MR) is 62.1 cm³/mol. The lowest BCUT2D eigenvalue weighted by atomic mass is 9.96. The van der Waals surface area contributed by atoms with E-state index in [9.17, 15) is 9.59 Å². The largest absolute Gasteiger partial charge is 0.478 e. The van der Waals surface area contributed by atoms with Crippen LogP contribution in [0, 0.1) is 5.41 Å². The summed E-state index contributed by atoms with van der Waals surface area (Å²) in [5.41, 5.74) is 4.90. The Morgan fingerprint density at radius 3 is 1.69 bits per heavy atom. The van der Waals surface area contributed by atoms with Crippen LogP contribution in [0.5, 0.6) is 0 Å². The number of carboxylic acid groups (broad SMARTS) is 1. The van der Waals surface area contributed by atoms with E-state index in [-0.39, 0.29) is 11.3 Å². The number of amides is 1. The molecule has 0 aliphatic heterocycles. The standard InChI is InChI=1S/C7H6O2.C5H11NO/c8-7(9)6-4-2-1-3-5-6;1-5(2,3)4(6)7/h1-5H,(H,8,9);1-3H3,(H2,6,7). The first-order valence-electron chi connectivity index (χ1n) is 4.83. The highest BCUT2D eigenvalue weighted by atomic mass is 16.4. The molecule has 0 spiro atoms. The maximum atomic E-state index is 10.2. The molecule has 0 aliphatic carbocycles. The highest BCUT2D eigenvalue weighted by Crippen LogP contribution is 2.09. The van der Waals surface area contributed by atoms with Crippen molar-refractivity contribution in [3.8, 4) is 0 Å². The Balaban J connectivity index is 0.000000293. The number of carbonyl (C=O) groups excluding carboxylic acids is 1. The predicted octanol–water partition coefficient (Wildman–Crippen LogP) is 1.90. The summed E-state index contributed by atoms with van der Waals surface area (Å²) in [6.45, 7) is 5.36. The molecule has 0 unspecified atom stereocenters. The maximum absolute atomic E-state index is 10.2. The van der Waals surface area contributed by atoms with Gasteiger partial charge in [0.1, 0.15) is 0 Å². The van der Waals surface area contributed by atoms with Gasteiger partial charge in [-0.25, -0.2) is 4.79 Å². The third-order valence-electron chi connectivity index (χ3n) is 1.76. The van der Waals surface area contributed by atoms with Gasteiger partial charge in [0.15, 0.2) is 0 Å². The Morgan fingerprint density at radius 2 is 1.50 bits per heavy atom. The molecule has 1 rings (SSSR count). The van der Waals surface area contributed by atoms with Crippen LogP contribution in [0.1, 0.15) is 31.1 Å². The Kier molecular flexibility index (Phi) is 5.22. The van der Waals surface area contributed by atoms with Crippen LogP contribution in [-0.2, 0) is 4.79 Å². The van der Waals surface area contributed by atoms with Crippen LogP contribution in [0.4, 0.5) is 0 Å².